The Hall–Kier alpha value is -1.72. The first-order valence-corrected chi connectivity index (χ1v) is 7.71. The Bertz CT molecular complexity index is 683. The topological polar surface area (TPSA) is 55.1 Å². The first-order valence-electron chi connectivity index (χ1n) is 6.51. The van der Waals surface area contributed by atoms with Gasteiger partial charge >= 0.3 is 0 Å². The van der Waals surface area contributed by atoms with Crippen molar-refractivity contribution >= 4 is 44.7 Å². The lowest BCUT2D eigenvalue weighted by Crippen LogP contribution is -2.17. The van der Waals surface area contributed by atoms with Crippen LogP contribution in [-0.4, -0.2) is 10.9 Å². The lowest BCUT2D eigenvalue weighted by atomic mass is 10.1. The highest BCUT2D eigenvalue weighted by Gasteiger charge is 2.11. The maximum Gasteiger partial charge on any atom is 0.255 e. The van der Waals surface area contributed by atoms with Crippen molar-refractivity contribution in [2.24, 2.45) is 5.73 Å². The van der Waals surface area contributed by atoms with E-state index in [2.05, 4.69) is 28.2 Å². The maximum atomic E-state index is 12.3. The van der Waals surface area contributed by atoms with Gasteiger partial charge in [-0.05, 0) is 42.3 Å². The summed E-state index contributed by atoms with van der Waals surface area (Å²) in [6.07, 6.45) is 0.945. The number of benzene rings is 2. The molecule has 0 fully saturated rings. The number of nitrogens with one attached hydrogen (secondary N) is 1. The van der Waals surface area contributed by atoms with Crippen molar-refractivity contribution in [3.63, 3.8) is 0 Å². The van der Waals surface area contributed by atoms with Gasteiger partial charge in [-0.15, -0.1) is 0 Å². The van der Waals surface area contributed by atoms with Gasteiger partial charge in [-0.3, -0.25) is 4.79 Å². The van der Waals surface area contributed by atoms with Crippen molar-refractivity contribution in [2.45, 2.75) is 13.3 Å². The first-order chi connectivity index (χ1) is 10.0. The van der Waals surface area contributed by atoms with E-state index in [0.717, 1.165) is 10.9 Å². The molecule has 3 N–H and O–H groups in total. The number of aryl methyl sites for hydroxylation is 1. The number of rotatable bonds is 4. The van der Waals surface area contributed by atoms with Gasteiger partial charge in [-0.1, -0.05) is 47.2 Å². The quantitative estimate of drug-likeness (QED) is 0.811. The monoisotopic (exact) mass is 362 g/mol. The zero-order valence-corrected chi connectivity index (χ0v) is 13.9. The van der Waals surface area contributed by atoms with Gasteiger partial charge in [0.1, 0.15) is 4.99 Å². The van der Waals surface area contributed by atoms with Crippen LogP contribution < -0.4 is 11.1 Å². The molecule has 0 aromatic heterocycles. The molecule has 0 bridgehead atoms. The van der Waals surface area contributed by atoms with E-state index in [1.165, 1.54) is 5.56 Å². The lowest BCUT2D eigenvalue weighted by molar-refractivity contribution is 0.102. The number of amides is 1. The van der Waals surface area contributed by atoms with E-state index in [1.54, 1.807) is 12.1 Å². The second-order valence-corrected chi connectivity index (χ2v) is 5.91. The normalized spacial score (nSPS) is 10.2. The fourth-order valence-corrected chi connectivity index (χ4v) is 2.45. The predicted molar refractivity (Wildman–Crippen MR) is 93.8 cm³/mol. The number of hydrogen-bond acceptors (Lipinski definition) is 2. The molecule has 0 aliphatic carbocycles. The van der Waals surface area contributed by atoms with E-state index in [-0.39, 0.29) is 10.9 Å². The van der Waals surface area contributed by atoms with Gasteiger partial charge in [0.15, 0.2) is 0 Å². The minimum absolute atomic E-state index is 0.183. The first kappa shape index (κ1) is 15.7. The summed E-state index contributed by atoms with van der Waals surface area (Å²) in [4.78, 5) is 12.5. The van der Waals surface area contributed by atoms with Crippen LogP contribution >= 0.6 is 28.1 Å². The fraction of sp³-hybridized carbons (Fsp3) is 0.125. The molecule has 0 aliphatic heterocycles. The molecule has 108 valence electrons. The van der Waals surface area contributed by atoms with E-state index >= 15 is 0 Å². The van der Waals surface area contributed by atoms with Crippen LogP contribution in [0.1, 0.15) is 28.4 Å². The molecule has 5 heteroatoms. The van der Waals surface area contributed by atoms with Crippen LogP contribution in [0.3, 0.4) is 0 Å². The number of anilines is 1. The molecular formula is C16H15BrN2OS. The van der Waals surface area contributed by atoms with Crippen LogP contribution in [-0.2, 0) is 6.42 Å². The summed E-state index contributed by atoms with van der Waals surface area (Å²) in [6, 6.07) is 12.9. The molecule has 3 nitrogen and oxygen atoms in total. The number of hydrogen-bond donors (Lipinski definition) is 2. The number of carbonyl (C=O) groups is 1. The van der Waals surface area contributed by atoms with Crippen molar-refractivity contribution in [2.75, 3.05) is 5.32 Å². The number of halogens is 1. The molecule has 0 saturated carbocycles. The lowest BCUT2D eigenvalue weighted by Gasteiger charge is -2.11. The van der Waals surface area contributed by atoms with Gasteiger partial charge in [0.05, 0.1) is 5.69 Å². The van der Waals surface area contributed by atoms with Gasteiger partial charge < -0.3 is 11.1 Å². The highest BCUT2D eigenvalue weighted by atomic mass is 79.9. The third-order valence-corrected chi connectivity index (χ3v) is 3.83. The highest BCUT2D eigenvalue weighted by Crippen LogP contribution is 2.22. The molecule has 2 rings (SSSR count). The van der Waals surface area contributed by atoms with Crippen molar-refractivity contribution in [1.82, 2.24) is 0 Å². The average molecular weight is 363 g/mol. The van der Waals surface area contributed by atoms with E-state index in [4.69, 9.17) is 18.0 Å². The Morgan fingerprint density at radius 1 is 1.24 bits per heavy atom. The van der Waals surface area contributed by atoms with Gasteiger partial charge in [0.2, 0.25) is 0 Å². The summed E-state index contributed by atoms with van der Waals surface area (Å²) in [7, 11) is 0. The third kappa shape index (κ3) is 3.89. The van der Waals surface area contributed by atoms with Crippen molar-refractivity contribution in [3.8, 4) is 0 Å². The summed E-state index contributed by atoms with van der Waals surface area (Å²) in [5.74, 6) is -0.183. The Kier molecular flexibility index (Phi) is 5.09. The molecule has 21 heavy (non-hydrogen) atoms. The molecule has 0 saturated heterocycles. The summed E-state index contributed by atoms with van der Waals surface area (Å²) < 4.78 is 0.857. The van der Waals surface area contributed by atoms with Crippen LogP contribution in [0.4, 0.5) is 5.69 Å². The second-order valence-electron chi connectivity index (χ2n) is 4.56. The smallest absolute Gasteiger partial charge is 0.255 e. The number of thiocarbonyl (C=S) groups is 1. The largest absolute Gasteiger partial charge is 0.389 e. The second kappa shape index (κ2) is 6.83. The summed E-state index contributed by atoms with van der Waals surface area (Å²) >= 11 is 8.38. The van der Waals surface area contributed by atoms with Crippen LogP contribution in [0.15, 0.2) is 46.9 Å². The molecule has 0 aliphatic rings. The Morgan fingerprint density at radius 3 is 2.48 bits per heavy atom. The van der Waals surface area contributed by atoms with E-state index in [0.29, 0.717) is 16.8 Å². The van der Waals surface area contributed by atoms with E-state index in [1.807, 2.05) is 30.3 Å². The minimum atomic E-state index is -0.183. The molecule has 2 aromatic carbocycles. The summed E-state index contributed by atoms with van der Waals surface area (Å²) in [5, 5.41) is 2.85. The maximum absolute atomic E-state index is 12.3. The minimum Gasteiger partial charge on any atom is -0.389 e. The van der Waals surface area contributed by atoms with Crippen molar-refractivity contribution in [1.29, 1.82) is 0 Å². The molecule has 0 unspecified atom stereocenters. The molecule has 2 aromatic rings. The van der Waals surface area contributed by atoms with Crippen LogP contribution in [0.5, 0.6) is 0 Å². The molecule has 0 radical (unpaired) electrons. The van der Waals surface area contributed by atoms with E-state index < -0.39 is 0 Å². The van der Waals surface area contributed by atoms with Gasteiger partial charge in [-0.25, -0.2) is 0 Å². The standard InChI is InChI=1S/C16H15BrN2OS/c1-2-10-3-5-11(6-4-10)16(20)19-14-8-7-12(17)9-13(14)15(18)21/h3-9H,2H2,1H3,(H2,18,21)(H,19,20). The molecule has 0 spiro atoms. The molecule has 0 atom stereocenters. The Balaban J connectivity index is 2.24. The van der Waals surface area contributed by atoms with Crippen molar-refractivity contribution in [3.05, 3.63) is 63.6 Å². The van der Waals surface area contributed by atoms with Gasteiger partial charge in [0, 0.05) is 15.6 Å². The average Bonchev–Trinajstić information content (AvgIpc) is 2.49. The van der Waals surface area contributed by atoms with Crippen molar-refractivity contribution < 1.29 is 4.79 Å². The zero-order chi connectivity index (χ0) is 15.4. The van der Waals surface area contributed by atoms with E-state index in [9.17, 15) is 4.79 Å². The summed E-state index contributed by atoms with van der Waals surface area (Å²) in [5.41, 5.74) is 8.73. The highest BCUT2D eigenvalue weighted by molar-refractivity contribution is 9.10. The van der Waals surface area contributed by atoms with Crippen LogP contribution in [0.25, 0.3) is 0 Å². The van der Waals surface area contributed by atoms with Gasteiger partial charge in [-0.2, -0.15) is 0 Å². The zero-order valence-electron chi connectivity index (χ0n) is 11.5. The number of nitrogens with two attached hydrogens (primary N) is 1. The molecule has 1 amide bonds. The Morgan fingerprint density at radius 2 is 1.90 bits per heavy atom. The molecular weight excluding hydrogens is 348 g/mol. The SMILES string of the molecule is CCc1ccc(C(=O)Nc2ccc(Br)cc2C(N)=S)cc1. The number of carbonyl (C=O) groups excluding carboxylic acids is 1. The fourth-order valence-electron chi connectivity index (χ4n) is 1.92. The third-order valence-electron chi connectivity index (χ3n) is 3.12. The predicted octanol–water partition coefficient (Wildman–Crippen LogP) is 3.90. The summed E-state index contributed by atoms with van der Waals surface area (Å²) in [6.45, 7) is 2.07. The van der Waals surface area contributed by atoms with Crippen LogP contribution in [0.2, 0.25) is 0 Å². The molecule has 0 heterocycles. The van der Waals surface area contributed by atoms with Crippen LogP contribution in [0, 0.1) is 0 Å². The van der Waals surface area contributed by atoms with Gasteiger partial charge in [0.25, 0.3) is 5.91 Å². The Labute approximate surface area is 137 Å².